The highest BCUT2D eigenvalue weighted by Crippen LogP contribution is 2.32. The first-order valence-corrected chi connectivity index (χ1v) is 8.89. The van der Waals surface area contributed by atoms with Gasteiger partial charge in [0.1, 0.15) is 5.75 Å². The lowest BCUT2D eigenvalue weighted by molar-refractivity contribution is 0.0718. The van der Waals surface area contributed by atoms with E-state index in [9.17, 15) is 14.7 Å². The summed E-state index contributed by atoms with van der Waals surface area (Å²) >= 11 is 0. The molecule has 0 radical (unpaired) electrons. The number of benzene rings is 2. The van der Waals surface area contributed by atoms with Crippen LogP contribution in [0, 0.1) is 0 Å². The molecule has 27 heavy (non-hydrogen) atoms. The van der Waals surface area contributed by atoms with E-state index in [-0.39, 0.29) is 24.4 Å². The molecule has 4 rings (SSSR count). The Morgan fingerprint density at radius 1 is 0.815 bits per heavy atom. The van der Waals surface area contributed by atoms with Crippen molar-refractivity contribution in [3.05, 3.63) is 53.6 Å². The number of amides is 2. The summed E-state index contributed by atoms with van der Waals surface area (Å²) in [6.07, 6.45) is 0.695. The fraction of sp³-hybridized carbons (Fsp3) is 0.300. The summed E-state index contributed by atoms with van der Waals surface area (Å²) in [6, 6.07) is 11.5. The Labute approximate surface area is 156 Å². The number of phenols is 1. The average molecular weight is 368 g/mol. The van der Waals surface area contributed by atoms with Crippen molar-refractivity contribution in [2.24, 2.45) is 0 Å². The first kappa shape index (κ1) is 17.2. The van der Waals surface area contributed by atoms with E-state index in [4.69, 9.17) is 9.47 Å². The maximum absolute atomic E-state index is 12.8. The van der Waals surface area contributed by atoms with Crippen molar-refractivity contribution in [3.63, 3.8) is 0 Å². The van der Waals surface area contributed by atoms with Crippen LogP contribution < -0.4 is 9.47 Å². The van der Waals surface area contributed by atoms with Crippen LogP contribution in [0.5, 0.6) is 17.2 Å². The Bertz CT molecular complexity index is 882. The number of nitrogens with zero attached hydrogens (tertiary/aromatic N) is 2. The van der Waals surface area contributed by atoms with Crippen LogP contribution in [-0.2, 0) is 0 Å². The molecule has 0 aliphatic carbocycles. The van der Waals surface area contributed by atoms with Crippen molar-refractivity contribution < 1.29 is 24.2 Å². The van der Waals surface area contributed by atoms with Gasteiger partial charge in [0.15, 0.2) is 11.5 Å². The zero-order valence-corrected chi connectivity index (χ0v) is 14.8. The van der Waals surface area contributed by atoms with Gasteiger partial charge in [-0.15, -0.1) is 0 Å². The van der Waals surface area contributed by atoms with Gasteiger partial charge >= 0.3 is 0 Å². The molecule has 0 bridgehead atoms. The normalized spacial score (nSPS) is 16.1. The van der Waals surface area contributed by atoms with E-state index in [0.717, 1.165) is 0 Å². The number of ether oxygens (including phenoxy) is 2. The fourth-order valence-corrected chi connectivity index (χ4v) is 3.36. The van der Waals surface area contributed by atoms with Gasteiger partial charge in [-0.25, -0.2) is 0 Å². The van der Waals surface area contributed by atoms with E-state index < -0.39 is 0 Å². The molecular weight excluding hydrogens is 348 g/mol. The predicted octanol–water partition coefficient (Wildman–Crippen LogP) is 2.11. The second-order valence-electron chi connectivity index (χ2n) is 6.56. The smallest absolute Gasteiger partial charge is 0.254 e. The molecule has 1 fully saturated rings. The van der Waals surface area contributed by atoms with Crippen LogP contribution in [0.25, 0.3) is 0 Å². The number of fused-ring (bicyclic) bond motifs is 1. The highest BCUT2D eigenvalue weighted by molar-refractivity contribution is 5.96. The van der Waals surface area contributed by atoms with Gasteiger partial charge in [-0.05, 0) is 42.8 Å². The highest BCUT2D eigenvalue weighted by Gasteiger charge is 2.25. The Morgan fingerprint density at radius 3 is 2.19 bits per heavy atom. The van der Waals surface area contributed by atoms with Gasteiger partial charge in [0.25, 0.3) is 11.8 Å². The van der Waals surface area contributed by atoms with Crippen LogP contribution in [0.4, 0.5) is 0 Å². The number of phenolic OH excluding ortho intramolecular Hbond substituents is 1. The number of hydrogen-bond donors (Lipinski definition) is 1. The van der Waals surface area contributed by atoms with E-state index in [1.165, 1.54) is 12.1 Å². The monoisotopic (exact) mass is 368 g/mol. The van der Waals surface area contributed by atoms with Gasteiger partial charge < -0.3 is 24.4 Å². The van der Waals surface area contributed by atoms with Gasteiger partial charge in [-0.3, -0.25) is 9.59 Å². The second kappa shape index (κ2) is 7.19. The van der Waals surface area contributed by atoms with Crippen molar-refractivity contribution in [1.29, 1.82) is 0 Å². The molecule has 2 aromatic rings. The third-order valence-corrected chi connectivity index (χ3v) is 4.78. The van der Waals surface area contributed by atoms with Crippen molar-refractivity contribution in [2.45, 2.75) is 6.42 Å². The Hall–Kier alpha value is -3.22. The summed E-state index contributed by atoms with van der Waals surface area (Å²) < 4.78 is 10.6. The van der Waals surface area contributed by atoms with Crippen LogP contribution in [0.15, 0.2) is 42.5 Å². The van der Waals surface area contributed by atoms with Crippen LogP contribution in [0.2, 0.25) is 0 Å². The van der Waals surface area contributed by atoms with Crippen molar-refractivity contribution in [1.82, 2.24) is 9.80 Å². The number of carbonyl (C=O) groups excluding carboxylic acids is 2. The van der Waals surface area contributed by atoms with Gasteiger partial charge in [0.2, 0.25) is 6.79 Å². The van der Waals surface area contributed by atoms with E-state index in [0.29, 0.717) is 55.2 Å². The largest absolute Gasteiger partial charge is 0.508 e. The van der Waals surface area contributed by atoms with E-state index >= 15 is 0 Å². The molecule has 2 amide bonds. The van der Waals surface area contributed by atoms with Gasteiger partial charge in [-0.1, -0.05) is 6.07 Å². The zero-order chi connectivity index (χ0) is 18.8. The van der Waals surface area contributed by atoms with Crippen LogP contribution >= 0.6 is 0 Å². The lowest BCUT2D eigenvalue weighted by Crippen LogP contribution is -2.37. The molecule has 140 valence electrons. The molecule has 0 unspecified atom stereocenters. The predicted molar refractivity (Wildman–Crippen MR) is 97.1 cm³/mol. The van der Waals surface area contributed by atoms with Crippen molar-refractivity contribution in [2.75, 3.05) is 33.0 Å². The summed E-state index contributed by atoms with van der Waals surface area (Å²) in [5, 5.41) is 9.58. The summed E-state index contributed by atoms with van der Waals surface area (Å²) in [6.45, 7) is 2.22. The van der Waals surface area contributed by atoms with Gasteiger partial charge in [0, 0.05) is 37.3 Å². The first-order chi connectivity index (χ1) is 13.1. The summed E-state index contributed by atoms with van der Waals surface area (Å²) in [5.74, 6) is 1.07. The Balaban J connectivity index is 1.44. The average Bonchev–Trinajstić information content (AvgIpc) is 3.01. The molecule has 7 heteroatoms. The minimum absolute atomic E-state index is 0.0651. The minimum Gasteiger partial charge on any atom is -0.508 e. The number of carbonyl (C=O) groups is 2. The Kier molecular flexibility index (Phi) is 4.58. The molecule has 2 aliphatic rings. The molecule has 2 heterocycles. The maximum atomic E-state index is 12.8. The summed E-state index contributed by atoms with van der Waals surface area (Å²) in [5.41, 5.74) is 0.998. The van der Waals surface area contributed by atoms with E-state index in [1.807, 2.05) is 0 Å². The van der Waals surface area contributed by atoms with Crippen LogP contribution in [0.3, 0.4) is 0 Å². The maximum Gasteiger partial charge on any atom is 0.254 e. The summed E-state index contributed by atoms with van der Waals surface area (Å²) in [7, 11) is 0. The molecule has 1 N–H and O–H groups in total. The van der Waals surface area contributed by atoms with Crippen molar-refractivity contribution >= 4 is 11.8 Å². The molecule has 2 aromatic carbocycles. The standard InChI is InChI=1S/C20H20N2O5/c23-16-4-1-3-14(11-16)19(24)21-7-2-8-22(10-9-21)20(25)15-5-6-17-18(12-15)27-13-26-17/h1,3-6,11-12,23H,2,7-10,13H2. The number of hydrogen-bond acceptors (Lipinski definition) is 5. The molecule has 0 saturated carbocycles. The second-order valence-corrected chi connectivity index (χ2v) is 6.56. The number of aromatic hydroxyl groups is 1. The quantitative estimate of drug-likeness (QED) is 0.878. The summed E-state index contributed by atoms with van der Waals surface area (Å²) in [4.78, 5) is 29.0. The topological polar surface area (TPSA) is 79.3 Å². The molecule has 7 nitrogen and oxygen atoms in total. The minimum atomic E-state index is -0.136. The molecule has 2 aliphatic heterocycles. The van der Waals surface area contributed by atoms with E-state index in [2.05, 4.69) is 0 Å². The fourth-order valence-electron chi connectivity index (χ4n) is 3.36. The third-order valence-electron chi connectivity index (χ3n) is 4.78. The molecule has 1 saturated heterocycles. The molecule has 0 spiro atoms. The molecule has 0 aromatic heterocycles. The zero-order valence-electron chi connectivity index (χ0n) is 14.8. The number of rotatable bonds is 2. The molecule has 0 atom stereocenters. The lowest BCUT2D eigenvalue weighted by atomic mass is 10.1. The third kappa shape index (κ3) is 3.53. The van der Waals surface area contributed by atoms with Crippen LogP contribution in [-0.4, -0.2) is 59.7 Å². The van der Waals surface area contributed by atoms with Crippen molar-refractivity contribution in [3.8, 4) is 17.2 Å². The van der Waals surface area contributed by atoms with Crippen LogP contribution in [0.1, 0.15) is 27.1 Å². The lowest BCUT2D eigenvalue weighted by Gasteiger charge is -2.22. The van der Waals surface area contributed by atoms with Gasteiger partial charge in [0.05, 0.1) is 0 Å². The Morgan fingerprint density at radius 2 is 1.48 bits per heavy atom. The van der Waals surface area contributed by atoms with E-state index in [1.54, 1.807) is 40.1 Å². The first-order valence-electron chi connectivity index (χ1n) is 8.89. The highest BCUT2D eigenvalue weighted by atomic mass is 16.7. The van der Waals surface area contributed by atoms with Gasteiger partial charge in [-0.2, -0.15) is 0 Å². The SMILES string of the molecule is O=C(c1cccc(O)c1)N1CCCN(C(=O)c2ccc3c(c2)OCO3)CC1. The molecular formula is C20H20N2O5.